The van der Waals surface area contributed by atoms with Crippen molar-refractivity contribution in [2.24, 2.45) is 0 Å². The van der Waals surface area contributed by atoms with Crippen molar-refractivity contribution in [2.45, 2.75) is 5.51 Å². The van der Waals surface area contributed by atoms with Crippen molar-refractivity contribution < 1.29 is 34.6 Å². The van der Waals surface area contributed by atoms with Crippen LogP contribution in [0.4, 0.5) is 13.2 Å². The molecule has 7 nitrogen and oxygen atoms in total. The summed E-state index contributed by atoms with van der Waals surface area (Å²) in [5, 5.41) is 0. The molecule has 0 spiro atoms. The van der Waals surface area contributed by atoms with Crippen LogP contribution in [-0.4, -0.2) is 23.9 Å². The molecule has 2 rings (SSSR count). The monoisotopic (exact) mass is 362 g/mol. The molecule has 0 N–H and O–H groups in total. The van der Waals surface area contributed by atoms with Crippen molar-refractivity contribution >= 4 is 26.0 Å². The summed E-state index contributed by atoms with van der Waals surface area (Å²) in [6.07, 6.45) is 1.69. The molecule has 19 heavy (non-hydrogen) atoms. The quantitative estimate of drug-likeness (QED) is 0.610. The van der Waals surface area contributed by atoms with Crippen LogP contribution in [0.25, 0.3) is 11.6 Å². The Hall–Kier alpha value is -1.56. The molecule has 0 aliphatic rings. The van der Waals surface area contributed by atoms with E-state index in [0.717, 1.165) is 6.26 Å². The summed E-state index contributed by atoms with van der Waals surface area (Å²) in [5.74, 6) is -1.13. The van der Waals surface area contributed by atoms with Gasteiger partial charge in [-0.15, -0.1) is 0 Å². The third-order valence-electron chi connectivity index (χ3n) is 1.66. The zero-order valence-corrected chi connectivity index (χ0v) is 10.9. The van der Waals surface area contributed by atoms with E-state index in [1.54, 1.807) is 0 Å². The summed E-state index contributed by atoms with van der Waals surface area (Å²) in [6.45, 7) is 0. The molecule has 0 saturated heterocycles. The van der Waals surface area contributed by atoms with Crippen molar-refractivity contribution in [3.63, 3.8) is 0 Å². The van der Waals surface area contributed by atoms with Gasteiger partial charge in [-0.05, 0) is 0 Å². The van der Waals surface area contributed by atoms with Gasteiger partial charge in [-0.2, -0.15) is 31.6 Å². The summed E-state index contributed by atoms with van der Waals surface area (Å²) >= 11 is 2.89. The molecule has 2 heterocycles. The molecule has 0 unspecified atom stereocenters. The maximum atomic E-state index is 12.0. The van der Waals surface area contributed by atoms with Crippen LogP contribution < -0.4 is 4.18 Å². The minimum Gasteiger partial charge on any atom is -0.439 e. The molecule has 12 heteroatoms. The van der Waals surface area contributed by atoms with Crippen molar-refractivity contribution in [2.75, 3.05) is 0 Å². The van der Waals surface area contributed by atoms with Crippen LogP contribution in [0.1, 0.15) is 0 Å². The zero-order valence-electron chi connectivity index (χ0n) is 8.51. The number of oxazole rings is 2. The van der Waals surface area contributed by atoms with Gasteiger partial charge in [0.1, 0.15) is 6.26 Å². The fourth-order valence-electron chi connectivity index (χ4n) is 0.925. The van der Waals surface area contributed by atoms with E-state index in [0.29, 0.717) is 6.26 Å². The zero-order chi connectivity index (χ0) is 14.3. The van der Waals surface area contributed by atoms with Crippen LogP contribution in [0.2, 0.25) is 0 Å². The van der Waals surface area contributed by atoms with E-state index in [4.69, 9.17) is 8.83 Å². The number of nitrogens with zero attached hydrogens (tertiary/aromatic N) is 2. The van der Waals surface area contributed by atoms with Crippen molar-refractivity contribution in [3.8, 4) is 17.5 Å². The van der Waals surface area contributed by atoms with Crippen molar-refractivity contribution in [1.29, 1.82) is 0 Å². The maximum Gasteiger partial charge on any atom is 0.534 e. The van der Waals surface area contributed by atoms with Gasteiger partial charge in [0, 0.05) is 15.9 Å². The molecule has 0 aromatic carbocycles. The first-order valence-corrected chi connectivity index (χ1v) is 6.47. The first-order valence-electron chi connectivity index (χ1n) is 4.27. The van der Waals surface area contributed by atoms with Crippen LogP contribution in [0.3, 0.4) is 0 Å². The molecule has 0 fully saturated rings. The SMILES string of the molecule is O=S(=O)(Oc1coc(-c2coc(Br)n2)n1)C(F)(F)F. The van der Waals surface area contributed by atoms with Gasteiger partial charge >= 0.3 is 15.6 Å². The first-order chi connectivity index (χ1) is 8.69. The highest BCUT2D eigenvalue weighted by molar-refractivity contribution is 9.10. The third kappa shape index (κ3) is 2.89. The highest BCUT2D eigenvalue weighted by Gasteiger charge is 2.49. The van der Waals surface area contributed by atoms with E-state index in [1.807, 2.05) is 0 Å². The van der Waals surface area contributed by atoms with Crippen LogP contribution in [-0.2, 0) is 10.1 Å². The fourth-order valence-corrected chi connectivity index (χ4v) is 1.60. The summed E-state index contributed by atoms with van der Waals surface area (Å²) < 4.78 is 70.8. The molecule has 0 atom stereocenters. The lowest BCUT2D eigenvalue weighted by molar-refractivity contribution is -0.0501. The number of alkyl halides is 3. The van der Waals surface area contributed by atoms with E-state index in [1.165, 1.54) is 0 Å². The first kappa shape index (κ1) is 13.9. The summed E-state index contributed by atoms with van der Waals surface area (Å²) in [4.78, 5) is 7.18. The maximum absolute atomic E-state index is 12.0. The fraction of sp³-hybridized carbons (Fsp3) is 0.143. The van der Waals surface area contributed by atoms with E-state index in [-0.39, 0.29) is 16.4 Å². The molecule has 2 aromatic heterocycles. The molecule has 0 aliphatic carbocycles. The van der Waals surface area contributed by atoms with Gasteiger partial charge in [0.25, 0.3) is 16.6 Å². The molecule has 0 saturated carbocycles. The Labute approximate surface area is 111 Å². The lowest BCUT2D eigenvalue weighted by Crippen LogP contribution is -2.28. The highest BCUT2D eigenvalue weighted by atomic mass is 79.9. The second kappa shape index (κ2) is 4.52. The molecule has 0 radical (unpaired) electrons. The topological polar surface area (TPSA) is 95.4 Å². The smallest absolute Gasteiger partial charge is 0.439 e. The van der Waals surface area contributed by atoms with Gasteiger partial charge in [0.2, 0.25) is 0 Å². The standard InChI is InChI=1S/C7H2BrF3N2O5S/c8-6-12-3(1-17-6)5-13-4(2-16-5)18-19(14,15)7(9,10)11/h1-2H. The Morgan fingerprint density at radius 1 is 1.21 bits per heavy atom. The average molecular weight is 363 g/mol. The minimum atomic E-state index is -5.79. The van der Waals surface area contributed by atoms with Crippen molar-refractivity contribution in [1.82, 2.24) is 9.97 Å². The average Bonchev–Trinajstić information content (AvgIpc) is 2.84. The van der Waals surface area contributed by atoms with Gasteiger partial charge in [-0.1, -0.05) is 0 Å². The normalized spacial score (nSPS) is 12.6. The van der Waals surface area contributed by atoms with E-state index < -0.39 is 21.5 Å². The Morgan fingerprint density at radius 3 is 2.42 bits per heavy atom. The minimum absolute atomic E-state index is 0.0473. The van der Waals surface area contributed by atoms with Gasteiger partial charge in [0.15, 0.2) is 12.0 Å². The Bertz CT molecular complexity index is 692. The molecular formula is C7H2BrF3N2O5S. The van der Waals surface area contributed by atoms with Crippen LogP contribution in [0.15, 0.2) is 26.2 Å². The summed E-state index contributed by atoms with van der Waals surface area (Å²) in [6, 6.07) is 0. The molecular weight excluding hydrogens is 361 g/mol. The molecule has 0 aliphatic heterocycles. The Morgan fingerprint density at radius 2 is 1.89 bits per heavy atom. The van der Waals surface area contributed by atoms with Gasteiger partial charge in [-0.3, -0.25) is 0 Å². The lowest BCUT2D eigenvalue weighted by atomic mass is 10.5. The van der Waals surface area contributed by atoms with E-state index >= 15 is 0 Å². The second-order valence-electron chi connectivity index (χ2n) is 2.96. The number of aromatic nitrogens is 2. The van der Waals surface area contributed by atoms with Crippen LogP contribution in [0.5, 0.6) is 5.88 Å². The molecule has 2 aromatic rings. The van der Waals surface area contributed by atoms with Crippen molar-refractivity contribution in [3.05, 3.63) is 17.3 Å². The summed E-state index contributed by atoms with van der Waals surface area (Å²) in [5.41, 5.74) is -5.51. The van der Waals surface area contributed by atoms with Gasteiger partial charge in [0.05, 0.1) is 0 Å². The van der Waals surface area contributed by atoms with Gasteiger partial charge < -0.3 is 13.0 Å². The number of hydrogen-bond donors (Lipinski definition) is 0. The number of hydrogen-bond acceptors (Lipinski definition) is 7. The van der Waals surface area contributed by atoms with E-state index in [9.17, 15) is 21.6 Å². The second-order valence-corrected chi connectivity index (χ2v) is 5.18. The Kier molecular flexibility index (Phi) is 3.30. The Balaban J connectivity index is 2.24. The third-order valence-corrected chi connectivity index (χ3v) is 2.98. The molecule has 0 amide bonds. The molecule has 104 valence electrons. The van der Waals surface area contributed by atoms with E-state index in [2.05, 4.69) is 30.1 Å². The number of halogens is 4. The number of rotatable bonds is 3. The van der Waals surface area contributed by atoms with Crippen LogP contribution in [0, 0.1) is 0 Å². The largest absolute Gasteiger partial charge is 0.534 e. The lowest BCUT2D eigenvalue weighted by Gasteiger charge is -2.05. The summed E-state index contributed by atoms with van der Waals surface area (Å²) in [7, 11) is -5.79. The molecule has 0 bridgehead atoms. The van der Waals surface area contributed by atoms with Crippen LogP contribution >= 0.6 is 15.9 Å². The predicted molar refractivity (Wildman–Crippen MR) is 55.3 cm³/mol. The highest BCUT2D eigenvalue weighted by Crippen LogP contribution is 2.28. The predicted octanol–water partition coefficient (Wildman–Crippen LogP) is 2.32. The van der Waals surface area contributed by atoms with Gasteiger partial charge in [-0.25, -0.2) is 0 Å².